The highest BCUT2D eigenvalue weighted by atomic mass is 16.3. The zero-order valence-corrected chi connectivity index (χ0v) is 9.83. The van der Waals surface area contributed by atoms with Crippen LogP contribution in [0.1, 0.15) is 32.8 Å². The van der Waals surface area contributed by atoms with Crippen molar-refractivity contribution < 1.29 is 5.11 Å². The van der Waals surface area contributed by atoms with Crippen molar-refractivity contribution in [3.05, 3.63) is 29.8 Å². The van der Waals surface area contributed by atoms with Gasteiger partial charge in [-0.15, -0.1) is 0 Å². The number of para-hydroxylation sites is 1. The van der Waals surface area contributed by atoms with Crippen LogP contribution in [0.5, 0.6) is 0 Å². The second kappa shape index (κ2) is 5.76. The van der Waals surface area contributed by atoms with E-state index in [9.17, 15) is 5.11 Å². The van der Waals surface area contributed by atoms with Gasteiger partial charge in [0.05, 0.1) is 6.61 Å². The molecule has 0 bridgehead atoms. The van der Waals surface area contributed by atoms with E-state index < -0.39 is 0 Å². The van der Waals surface area contributed by atoms with Crippen LogP contribution >= 0.6 is 0 Å². The number of hydrogen-bond acceptors (Lipinski definition) is 2. The summed E-state index contributed by atoms with van der Waals surface area (Å²) in [5.41, 5.74) is 2.01. The summed E-state index contributed by atoms with van der Waals surface area (Å²) in [6.07, 6.45) is 1.16. The number of aliphatic hydroxyl groups is 1. The first-order valence-corrected chi connectivity index (χ1v) is 5.64. The number of nitrogens with one attached hydrogen (secondary N) is 1. The standard InChI is InChI=1S/C13H21NO/c1-4-10(2)11(3)14-13-8-6-5-7-12(13)9-15/h5-8,10-11,14-15H,4,9H2,1-3H3/t10-,11+/m1/s1. The number of rotatable bonds is 5. The zero-order valence-electron chi connectivity index (χ0n) is 9.83. The van der Waals surface area contributed by atoms with E-state index in [0.29, 0.717) is 12.0 Å². The normalized spacial score (nSPS) is 14.7. The van der Waals surface area contributed by atoms with Crippen LogP contribution in [0, 0.1) is 5.92 Å². The molecule has 2 heteroatoms. The molecule has 0 radical (unpaired) electrons. The summed E-state index contributed by atoms with van der Waals surface area (Å²) in [6, 6.07) is 8.34. The molecule has 2 atom stereocenters. The fourth-order valence-electron chi connectivity index (χ4n) is 1.54. The van der Waals surface area contributed by atoms with Crippen LogP contribution in [0.15, 0.2) is 24.3 Å². The molecule has 15 heavy (non-hydrogen) atoms. The fourth-order valence-corrected chi connectivity index (χ4v) is 1.54. The van der Waals surface area contributed by atoms with Crippen LogP contribution in [0.4, 0.5) is 5.69 Å². The maximum absolute atomic E-state index is 9.19. The van der Waals surface area contributed by atoms with Gasteiger partial charge in [0, 0.05) is 17.3 Å². The summed E-state index contributed by atoms with van der Waals surface area (Å²) < 4.78 is 0. The largest absolute Gasteiger partial charge is 0.392 e. The van der Waals surface area contributed by atoms with Crippen LogP contribution in [0.3, 0.4) is 0 Å². The van der Waals surface area contributed by atoms with Gasteiger partial charge in [0.1, 0.15) is 0 Å². The number of benzene rings is 1. The van der Waals surface area contributed by atoms with Gasteiger partial charge in [0.25, 0.3) is 0 Å². The van der Waals surface area contributed by atoms with Crippen LogP contribution in [0.25, 0.3) is 0 Å². The predicted molar refractivity (Wildman–Crippen MR) is 64.9 cm³/mol. The van der Waals surface area contributed by atoms with Crippen molar-refractivity contribution in [3.63, 3.8) is 0 Å². The van der Waals surface area contributed by atoms with Crippen molar-refractivity contribution >= 4 is 5.69 Å². The van der Waals surface area contributed by atoms with E-state index in [1.165, 1.54) is 0 Å². The van der Waals surface area contributed by atoms with Gasteiger partial charge >= 0.3 is 0 Å². The van der Waals surface area contributed by atoms with Gasteiger partial charge < -0.3 is 10.4 Å². The van der Waals surface area contributed by atoms with Crippen molar-refractivity contribution in [2.75, 3.05) is 5.32 Å². The molecule has 0 amide bonds. The first-order valence-electron chi connectivity index (χ1n) is 5.64. The molecule has 0 fully saturated rings. The Balaban J connectivity index is 2.71. The average molecular weight is 207 g/mol. The summed E-state index contributed by atoms with van der Waals surface area (Å²) in [7, 11) is 0. The molecule has 0 aliphatic carbocycles. The number of anilines is 1. The Hall–Kier alpha value is -1.02. The lowest BCUT2D eigenvalue weighted by Gasteiger charge is -2.22. The van der Waals surface area contributed by atoms with E-state index in [1.54, 1.807) is 0 Å². The third-order valence-corrected chi connectivity index (χ3v) is 3.07. The lowest BCUT2D eigenvalue weighted by atomic mass is 10.00. The van der Waals surface area contributed by atoms with E-state index in [1.807, 2.05) is 24.3 Å². The maximum atomic E-state index is 9.19. The lowest BCUT2D eigenvalue weighted by molar-refractivity contribution is 0.282. The molecule has 0 unspecified atom stereocenters. The summed E-state index contributed by atoms with van der Waals surface area (Å²) in [5, 5.41) is 12.6. The second-order valence-electron chi connectivity index (χ2n) is 4.13. The predicted octanol–water partition coefficient (Wildman–Crippen LogP) is 3.03. The van der Waals surface area contributed by atoms with E-state index in [-0.39, 0.29) is 6.61 Å². The highest BCUT2D eigenvalue weighted by Crippen LogP contribution is 2.19. The molecule has 1 aromatic carbocycles. The van der Waals surface area contributed by atoms with Crippen LogP contribution in [-0.2, 0) is 6.61 Å². The van der Waals surface area contributed by atoms with Crippen molar-refractivity contribution in [3.8, 4) is 0 Å². The SMILES string of the molecule is CC[C@@H](C)[C@H](C)Nc1ccccc1CO. The topological polar surface area (TPSA) is 32.3 Å². The van der Waals surface area contributed by atoms with Crippen LogP contribution in [0.2, 0.25) is 0 Å². The molecule has 0 aromatic heterocycles. The Bertz CT molecular complexity index is 298. The minimum atomic E-state index is 0.0937. The highest BCUT2D eigenvalue weighted by molar-refractivity contribution is 5.51. The molecule has 84 valence electrons. The smallest absolute Gasteiger partial charge is 0.0701 e. The molecule has 1 aromatic rings. The molecule has 1 rings (SSSR count). The van der Waals surface area contributed by atoms with Gasteiger partial charge in [-0.2, -0.15) is 0 Å². The molecule has 0 saturated carbocycles. The molecular formula is C13H21NO. The minimum absolute atomic E-state index is 0.0937. The van der Waals surface area contributed by atoms with Gasteiger partial charge in [-0.1, -0.05) is 38.5 Å². The van der Waals surface area contributed by atoms with Crippen molar-refractivity contribution in [2.45, 2.75) is 39.8 Å². The average Bonchev–Trinajstić information content (AvgIpc) is 2.28. The molecule has 0 spiro atoms. The van der Waals surface area contributed by atoms with Crippen molar-refractivity contribution in [2.24, 2.45) is 5.92 Å². The number of hydrogen-bond donors (Lipinski definition) is 2. The van der Waals surface area contributed by atoms with Gasteiger partial charge in [0.2, 0.25) is 0 Å². The fraction of sp³-hybridized carbons (Fsp3) is 0.538. The van der Waals surface area contributed by atoms with Crippen LogP contribution in [-0.4, -0.2) is 11.1 Å². The number of aliphatic hydroxyl groups excluding tert-OH is 1. The molecular weight excluding hydrogens is 186 g/mol. The molecule has 2 N–H and O–H groups in total. The summed E-state index contributed by atoms with van der Waals surface area (Å²) in [4.78, 5) is 0. The second-order valence-corrected chi connectivity index (χ2v) is 4.13. The van der Waals surface area contributed by atoms with Crippen molar-refractivity contribution in [1.82, 2.24) is 0 Å². The van der Waals surface area contributed by atoms with Crippen LogP contribution < -0.4 is 5.32 Å². The van der Waals surface area contributed by atoms with E-state index in [0.717, 1.165) is 17.7 Å². The molecule has 0 saturated heterocycles. The molecule has 0 aliphatic rings. The Kier molecular flexibility index (Phi) is 4.63. The minimum Gasteiger partial charge on any atom is -0.392 e. The first kappa shape index (κ1) is 12.1. The zero-order chi connectivity index (χ0) is 11.3. The van der Waals surface area contributed by atoms with Gasteiger partial charge in [-0.3, -0.25) is 0 Å². The maximum Gasteiger partial charge on any atom is 0.0701 e. The highest BCUT2D eigenvalue weighted by Gasteiger charge is 2.10. The monoisotopic (exact) mass is 207 g/mol. The summed E-state index contributed by atoms with van der Waals surface area (Å²) >= 11 is 0. The quantitative estimate of drug-likeness (QED) is 0.778. The Labute approximate surface area is 92.3 Å². The third kappa shape index (κ3) is 3.24. The Morgan fingerprint density at radius 1 is 1.27 bits per heavy atom. The van der Waals surface area contributed by atoms with Gasteiger partial charge in [-0.05, 0) is 18.9 Å². The van der Waals surface area contributed by atoms with E-state index >= 15 is 0 Å². The Morgan fingerprint density at radius 3 is 2.53 bits per heavy atom. The van der Waals surface area contributed by atoms with E-state index in [4.69, 9.17) is 0 Å². The van der Waals surface area contributed by atoms with E-state index in [2.05, 4.69) is 26.1 Å². The molecule has 0 heterocycles. The van der Waals surface area contributed by atoms with Gasteiger partial charge in [0.15, 0.2) is 0 Å². The van der Waals surface area contributed by atoms with Gasteiger partial charge in [-0.25, -0.2) is 0 Å². The lowest BCUT2D eigenvalue weighted by Crippen LogP contribution is -2.23. The Morgan fingerprint density at radius 2 is 1.93 bits per heavy atom. The summed E-state index contributed by atoms with van der Waals surface area (Å²) in [5.74, 6) is 0.636. The first-order chi connectivity index (χ1) is 7.19. The molecule has 2 nitrogen and oxygen atoms in total. The third-order valence-electron chi connectivity index (χ3n) is 3.07. The molecule has 0 aliphatic heterocycles. The van der Waals surface area contributed by atoms with Crippen molar-refractivity contribution in [1.29, 1.82) is 0 Å². The summed E-state index contributed by atoms with van der Waals surface area (Å²) in [6.45, 7) is 6.71.